The van der Waals surface area contributed by atoms with Crippen LogP contribution in [-0.4, -0.2) is 23.1 Å². The summed E-state index contributed by atoms with van der Waals surface area (Å²) in [5.41, 5.74) is 4.88. The molecule has 2 aromatic carbocycles. The monoisotopic (exact) mass is 369 g/mol. The first-order chi connectivity index (χ1) is 12.6. The van der Waals surface area contributed by atoms with Crippen molar-refractivity contribution >= 4 is 39.6 Å². The van der Waals surface area contributed by atoms with Crippen LogP contribution in [0.25, 0.3) is 22.0 Å². The van der Waals surface area contributed by atoms with Crippen LogP contribution < -0.4 is 4.90 Å². The molecular weight excluding hydrogens is 353 g/mol. The molecule has 1 aliphatic carbocycles. The first-order valence-corrected chi connectivity index (χ1v) is 9.04. The maximum absolute atomic E-state index is 13.7. The highest BCUT2D eigenvalue weighted by molar-refractivity contribution is 6.31. The Morgan fingerprint density at radius 3 is 3.04 bits per heavy atom. The Morgan fingerprint density at radius 1 is 1.27 bits per heavy atom. The molecule has 2 aromatic heterocycles. The van der Waals surface area contributed by atoms with Gasteiger partial charge in [0, 0.05) is 34.7 Å². The van der Waals surface area contributed by atoms with Gasteiger partial charge in [0.15, 0.2) is 5.58 Å². The van der Waals surface area contributed by atoms with E-state index in [0.29, 0.717) is 11.0 Å². The van der Waals surface area contributed by atoms with Crippen molar-refractivity contribution in [3.63, 3.8) is 0 Å². The molecule has 1 unspecified atom stereocenters. The number of likely N-dealkylation sites (N-methyl/N-ethyl adjacent to an activating group) is 1. The molecule has 0 saturated heterocycles. The highest BCUT2D eigenvalue weighted by Crippen LogP contribution is 2.33. The smallest absolute Gasteiger partial charge is 0.298 e. The molecule has 1 aliphatic rings. The van der Waals surface area contributed by atoms with Crippen molar-refractivity contribution in [3.05, 3.63) is 58.5 Å². The summed E-state index contributed by atoms with van der Waals surface area (Å²) in [4.78, 5) is 10.1. The Hall–Kier alpha value is -2.53. The number of hydrogen-bond donors (Lipinski definition) is 1. The van der Waals surface area contributed by atoms with Gasteiger partial charge in [0.05, 0.1) is 0 Å². The van der Waals surface area contributed by atoms with Gasteiger partial charge in [0.2, 0.25) is 0 Å². The number of hydrogen-bond acceptors (Lipinski definition) is 3. The Labute approximate surface area is 154 Å². The molecule has 6 heteroatoms. The SMILES string of the molecule is CN(c1nc2cc(Cl)ccc2o1)C1CCc2[nH]c3ccc(F)cc3c2C1. The van der Waals surface area contributed by atoms with Crippen molar-refractivity contribution in [2.24, 2.45) is 0 Å². The standard InChI is InChI=1S/C20H17ClFN3O/c1-25(20-24-18-8-11(21)2-7-19(18)26-20)13-4-6-17-15(10-13)14-9-12(22)3-5-16(14)23-17/h2-3,5,7-9,13,23H,4,6,10H2,1H3. The molecule has 1 atom stereocenters. The molecule has 1 N–H and O–H groups in total. The van der Waals surface area contributed by atoms with Crippen molar-refractivity contribution in [2.75, 3.05) is 11.9 Å². The third-order valence-electron chi connectivity index (χ3n) is 5.31. The molecule has 0 bridgehead atoms. The Bertz CT molecular complexity index is 1130. The highest BCUT2D eigenvalue weighted by atomic mass is 35.5. The number of aromatic nitrogens is 2. The summed E-state index contributed by atoms with van der Waals surface area (Å²) in [6.07, 6.45) is 2.74. The minimum absolute atomic E-state index is 0.203. The van der Waals surface area contributed by atoms with Crippen LogP contribution in [-0.2, 0) is 12.8 Å². The maximum atomic E-state index is 13.7. The zero-order valence-electron chi connectivity index (χ0n) is 14.2. The van der Waals surface area contributed by atoms with Gasteiger partial charge in [-0.3, -0.25) is 0 Å². The number of aromatic amines is 1. The summed E-state index contributed by atoms with van der Waals surface area (Å²) in [6.45, 7) is 0. The lowest BCUT2D eigenvalue weighted by molar-refractivity contribution is 0.493. The second-order valence-corrected chi connectivity index (χ2v) is 7.32. The fourth-order valence-corrected chi connectivity index (χ4v) is 4.06. The minimum Gasteiger partial charge on any atom is -0.423 e. The number of rotatable bonds is 2. The molecule has 4 aromatic rings. The van der Waals surface area contributed by atoms with Crippen molar-refractivity contribution in [1.29, 1.82) is 0 Å². The van der Waals surface area contributed by atoms with Crippen LogP contribution in [0, 0.1) is 5.82 Å². The predicted molar refractivity (Wildman–Crippen MR) is 101 cm³/mol. The Kier molecular flexibility index (Phi) is 3.47. The van der Waals surface area contributed by atoms with E-state index in [1.165, 1.54) is 17.3 Å². The van der Waals surface area contributed by atoms with Crippen molar-refractivity contribution < 1.29 is 8.81 Å². The van der Waals surface area contributed by atoms with E-state index in [4.69, 9.17) is 16.0 Å². The van der Waals surface area contributed by atoms with Gasteiger partial charge in [0.1, 0.15) is 11.3 Å². The first kappa shape index (κ1) is 15.7. The average molecular weight is 370 g/mol. The van der Waals surface area contributed by atoms with Crippen LogP contribution >= 0.6 is 11.6 Å². The fourth-order valence-electron chi connectivity index (χ4n) is 3.90. The Morgan fingerprint density at radius 2 is 2.15 bits per heavy atom. The molecule has 0 saturated carbocycles. The number of fused-ring (bicyclic) bond motifs is 4. The number of anilines is 1. The molecule has 132 valence electrons. The van der Waals surface area contributed by atoms with E-state index >= 15 is 0 Å². The number of nitrogens with zero attached hydrogens (tertiary/aromatic N) is 2. The molecule has 0 spiro atoms. The summed E-state index contributed by atoms with van der Waals surface area (Å²) in [5.74, 6) is -0.203. The Balaban J connectivity index is 1.49. The molecule has 0 radical (unpaired) electrons. The van der Waals surface area contributed by atoms with Crippen LogP contribution in [0.15, 0.2) is 40.8 Å². The van der Waals surface area contributed by atoms with E-state index in [9.17, 15) is 4.39 Å². The lowest BCUT2D eigenvalue weighted by atomic mass is 9.91. The van der Waals surface area contributed by atoms with Crippen LogP contribution in [0.2, 0.25) is 5.02 Å². The van der Waals surface area contributed by atoms with Crippen molar-refractivity contribution in [3.8, 4) is 0 Å². The largest absolute Gasteiger partial charge is 0.423 e. The summed E-state index contributed by atoms with van der Waals surface area (Å²) < 4.78 is 19.6. The summed E-state index contributed by atoms with van der Waals surface area (Å²) >= 11 is 6.04. The molecular formula is C20H17ClFN3O. The molecule has 0 aliphatic heterocycles. The van der Waals surface area contributed by atoms with Crippen LogP contribution in [0.3, 0.4) is 0 Å². The number of benzene rings is 2. The molecule has 0 amide bonds. The van der Waals surface area contributed by atoms with Gasteiger partial charge in [0.25, 0.3) is 6.01 Å². The van der Waals surface area contributed by atoms with E-state index in [-0.39, 0.29) is 11.9 Å². The van der Waals surface area contributed by atoms with E-state index in [1.807, 2.05) is 19.2 Å². The third-order valence-corrected chi connectivity index (χ3v) is 5.55. The first-order valence-electron chi connectivity index (χ1n) is 8.66. The normalized spacial score (nSPS) is 17.0. The second kappa shape index (κ2) is 5.74. The number of nitrogens with one attached hydrogen (secondary N) is 1. The maximum Gasteiger partial charge on any atom is 0.298 e. The van der Waals surface area contributed by atoms with Crippen LogP contribution in [0.5, 0.6) is 0 Å². The van der Waals surface area contributed by atoms with Crippen molar-refractivity contribution in [2.45, 2.75) is 25.3 Å². The number of H-pyrrole nitrogens is 1. The summed E-state index contributed by atoms with van der Waals surface area (Å²) in [5, 5.41) is 1.62. The van der Waals surface area contributed by atoms with Gasteiger partial charge in [-0.1, -0.05) is 11.6 Å². The highest BCUT2D eigenvalue weighted by Gasteiger charge is 2.27. The second-order valence-electron chi connectivity index (χ2n) is 6.89. The molecule has 5 rings (SSSR count). The lowest BCUT2D eigenvalue weighted by Gasteiger charge is -2.30. The summed E-state index contributed by atoms with van der Waals surface area (Å²) in [7, 11) is 2.00. The number of halogens is 2. The quantitative estimate of drug-likeness (QED) is 0.535. The fraction of sp³-hybridized carbons (Fsp3) is 0.250. The van der Waals surface area contributed by atoms with Gasteiger partial charge < -0.3 is 14.3 Å². The van der Waals surface area contributed by atoms with E-state index in [2.05, 4.69) is 14.9 Å². The van der Waals surface area contributed by atoms with Gasteiger partial charge in [-0.15, -0.1) is 0 Å². The molecule has 2 heterocycles. The number of aryl methyl sites for hydroxylation is 1. The van der Waals surface area contributed by atoms with E-state index < -0.39 is 0 Å². The molecule has 26 heavy (non-hydrogen) atoms. The van der Waals surface area contributed by atoms with Crippen molar-refractivity contribution in [1.82, 2.24) is 9.97 Å². The summed E-state index contributed by atoms with van der Waals surface area (Å²) in [6, 6.07) is 11.2. The number of oxazole rings is 1. The van der Waals surface area contributed by atoms with E-state index in [1.54, 1.807) is 18.2 Å². The van der Waals surface area contributed by atoms with Crippen LogP contribution in [0.1, 0.15) is 17.7 Å². The minimum atomic E-state index is -0.203. The zero-order valence-corrected chi connectivity index (χ0v) is 15.0. The van der Waals surface area contributed by atoms with Gasteiger partial charge in [-0.2, -0.15) is 4.98 Å². The van der Waals surface area contributed by atoms with Gasteiger partial charge >= 0.3 is 0 Å². The van der Waals surface area contributed by atoms with E-state index in [0.717, 1.165) is 41.3 Å². The van der Waals surface area contributed by atoms with Gasteiger partial charge in [-0.05, 0) is 61.2 Å². The lowest BCUT2D eigenvalue weighted by Crippen LogP contribution is -2.36. The molecule has 4 nitrogen and oxygen atoms in total. The topological polar surface area (TPSA) is 45.1 Å². The zero-order chi connectivity index (χ0) is 17.8. The van der Waals surface area contributed by atoms with Gasteiger partial charge in [-0.25, -0.2) is 4.39 Å². The average Bonchev–Trinajstić information content (AvgIpc) is 3.21. The predicted octanol–water partition coefficient (Wildman–Crippen LogP) is 5.10. The van der Waals surface area contributed by atoms with Crippen LogP contribution in [0.4, 0.5) is 10.4 Å². The third kappa shape index (κ3) is 2.46. The molecule has 0 fully saturated rings.